The molecule has 1 atom stereocenters. The molecule has 0 fully saturated rings. The molecule has 0 radical (unpaired) electrons. The van der Waals surface area contributed by atoms with Gasteiger partial charge in [0.15, 0.2) is 4.34 Å². The number of hydrogen-bond acceptors (Lipinski definition) is 4. The molecule has 0 saturated carbocycles. The van der Waals surface area contributed by atoms with Gasteiger partial charge in [-0.25, -0.2) is 4.98 Å². The molecule has 5 heteroatoms. The topological polar surface area (TPSA) is 42.0 Å². The number of thioether (sulfide) groups is 1. The van der Waals surface area contributed by atoms with Gasteiger partial charge in [0.05, 0.1) is 11.8 Å². The molecule has 1 N–H and O–H groups in total. The second-order valence-corrected chi connectivity index (χ2v) is 7.78. The molecule has 0 aliphatic rings. The Morgan fingerprint density at radius 3 is 2.64 bits per heavy atom. The summed E-state index contributed by atoms with van der Waals surface area (Å²) < 4.78 is 0.952. The summed E-state index contributed by atoms with van der Waals surface area (Å²) in [5.74, 6) is 1.00. The molecule has 118 valence electrons. The lowest BCUT2D eigenvalue weighted by Gasteiger charge is -2.21. The Balaban J connectivity index is 1.93. The molecule has 0 bridgehead atoms. The maximum Gasteiger partial charge on any atom is 0.230 e. The minimum atomic E-state index is 0.0624. The van der Waals surface area contributed by atoms with E-state index in [2.05, 4.69) is 36.3 Å². The van der Waals surface area contributed by atoms with E-state index in [1.165, 1.54) is 17.3 Å². The van der Waals surface area contributed by atoms with Gasteiger partial charge in [-0.2, -0.15) is 0 Å². The van der Waals surface area contributed by atoms with Gasteiger partial charge in [0.2, 0.25) is 5.91 Å². The number of benzene rings is 1. The van der Waals surface area contributed by atoms with E-state index in [4.69, 9.17) is 0 Å². The minimum absolute atomic E-state index is 0.0624. The number of rotatable bonds is 7. The number of carbonyl (C=O) groups is 1. The number of thiazole rings is 1. The summed E-state index contributed by atoms with van der Waals surface area (Å²) in [6.07, 6.45) is 0.941. The van der Waals surface area contributed by atoms with Gasteiger partial charge in [-0.15, -0.1) is 11.3 Å². The first kappa shape index (κ1) is 17.0. The monoisotopic (exact) mass is 334 g/mol. The van der Waals surface area contributed by atoms with Crippen molar-refractivity contribution < 1.29 is 4.79 Å². The van der Waals surface area contributed by atoms with E-state index in [0.717, 1.165) is 16.5 Å². The van der Waals surface area contributed by atoms with Crippen LogP contribution in [0.3, 0.4) is 0 Å². The first-order chi connectivity index (χ1) is 10.5. The second kappa shape index (κ2) is 8.34. The number of amides is 1. The van der Waals surface area contributed by atoms with Crippen LogP contribution in [0, 0.1) is 12.8 Å². The van der Waals surface area contributed by atoms with Crippen LogP contribution in [0.25, 0.3) is 0 Å². The van der Waals surface area contributed by atoms with E-state index in [0.29, 0.717) is 11.7 Å². The highest BCUT2D eigenvalue weighted by Gasteiger charge is 2.16. The maximum atomic E-state index is 12.2. The number of hydrogen-bond donors (Lipinski definition) is 1. The smallest absolute Gasteiger partial charge is 0.230 e. The van der Waals surface area contributed by atoms with Crippen LogP contribution in [-0.2, 0) is 4.79 Å². The van der Waals surface area contributed by atoms with Gasteiger partial charge >= 0.3 is 0 Å². The van der Waals surface area contributed by atoms with Gasteiger partial charge in [0.1, 0.15) is 0 Å². The second-order valence-electron chi connectivity index (χ2n) is 5.70. The van der Waals surface area contributed by atoms with Crippen LogP contribution in [0.4, 0.5) is 0 Å². The molecular weight excluding hydrogens is 312 g/mol. The predicted molar refractivity (Wildman–Crippen MR) is 94.4 cm³/mol. The fraction of sp³-hybridized carbons (Fsp3) is 0.412. The Hall–Kier alpha value is -1.33. The van der Waals surface area contributed by atoms with Gasteiger partial charge in [-0.1, -0.05) is 55.9 Å². The fourth-order valence-corrected chi connectivity index (χ4v) is 3.86. The molecule has 0 unspecified atom stereocenters. The Kier molecular flexibility index (Phi) is 6.46. The minimum Gasteiger partial charge on any atom is -0.349 e. The Bertz CT molecular complexity index is 596. The zero-order valence-corrected chi connectivity index (χ0v) is 14.8. The van der Waals surface area contributed by atoms with Crippen LogP contribution < -0.4 is 5.32 Å². The van der Waals surface area contributed by atoms with Crippen LogP contribution in [0.1, 0.15) is 37.6 Å². The Morgan fingerprint density at radius 2 is 2.05 bits per heavy atom. The summed E-state index contributed by atoms with van der Waals surface area (Å²) in [7, 11) is 0. The number of carbonyl (C=O) groups excluding carboxylic acids is 1. The van der Waals surface area contributed by atoms with E-state index < -0.39 is 0 Å². The molecule has 2 rings (SSSR count). The molecule has 2 aromatic rings. The van der Waals surface area contributed by atoms with Crippen molar-refractivity contribution in [3.05, 3.63) is 47.0 Å². The molecule has 22 heavy (non-hydrogen) atoms. The molecule has 3 nitrogen and oxygen atoms in total. The molecule has 0 spiro atoms. The predicted octanol–water partition coefficient (Wildman–Crippen LogP) is 4.45. The van der Waals surface area contributed by atoms with Crippen molar-refractivity contribution in [1.29, 1.82) is 0 Å². The highest BCUT2D eigenvalue weighted by atomic mass is 32.2. The number of aromatic nitrogens is 1. The third kappa shape index (κ3) is 5.46. The van der Waals surface area contributed by atoms with E-state index in [1.54, 1.807) is 11.3 Å². The van der Waals surface area contributed by atoms with Crippen molar-refractivity contribution in [1.82, 2.24) is 10.3 Å². The summed E-state index contributed by atoms with van der Waals surface area (Å²) >= 11 is 3.09. The molecule has 0 saturated heterocycles. The Labute approximate surface area is 140 Å². The SMILES string of the molecule is Cc1csc(SCC(=O)N[C@@H](CC(C)C)c2ccccc2)n1. The van der Waals surface area contributed by atoms with E-state index in [1.807, 2.05) is 30.5 Å². The van der Waals surface area contributed by atoms with Gasteiger partial charge < -0.3 is 5.32 Å². The highest BCUT2D eigenvalue weighted by Crippen LogP contribution is 2.24. The molecular formula is C17H22N2OS2. The lowest BCUT2D eigenvalue weighted by Crippen LogP contribution is -2.30. The average Bonchev–Trinajstić information content (AvgIpc) is 2.91. The van der Waals surface area contributed by atoms with Gasteiger partial charge in [0, 0.05) is 11.1 Å². The van der Waals surface area contributed by atoms with Crippen molar-refractivity contribution >= 4 is 29.0 Å². The van der Waals surface area contributed by atoms with Crippen molar-refractivity contribution in [2.24, 2.45) is 5.92 Å². The number of aryl methyl sites for hydroxylation is 1. The van der Waals surface area contributed by atoms with Gasteiger partial charge in [-0.05, 0) is 24.8 Å². The van der Waals surface area contributed by atoms with Crippen LogP contribution in [0.15, 0.2) is 40.1 Å². The summed E-state index contributed by atoms with van der Waals surface area (Å²) in [5.41, 5.74) is 2.18. The third-order valence-electron chi connectivity index (χ3n) is 3.17. The van der Waals surface area contributed by atoms with Crippen LogP contribution in [-0.4, -0.2) is 16.6 Å². The lowest BCUT2D eigenvalue weighted by molar-refractivity contribution is -0.119. The van der Waals surface area contributed by atoms with E-state index in [9.17, 15) is 4.79 Å². The normalized spacial score (nSPS) is 12.4. The largest absolute Gasteiger partial charge is 0.349 e. The number of nitrogens with one attached hydrogen (secondary N) is 1. The zero-order chi connectivity index (χ0) is 15.9. The summed E-state index contributed by atoms with van der Waals surface area (Å²) in [5, 5.41) is 5.16. The van der Waals surface area contributed by atoms with Crippen LogP contribution >= 0.6 is 23.1 Å². The first-order valence-electron chi connectivity index (χ1n) is 7.44. The number of nitrogens with zero attached hydrogens (tertiary/aromatic N) is 1. The van der Waals surface area contributed by atoms with Crippen molar-refractivity contribution in [2.75, 3.05) is 5.75 Å². The van der Waals surface area contributed by atoms with Crippen molar-refractivity contribution in [3.8, 4) is 0 Å². The summed E-state index contributed by atoms with van der Waals surface area (Å²) in [6, 6.07) is 10.3. The van der Waals surface area contributed by atoms with Crippen molar-refractivity contribution in [2.45, 2.75) is 37.6 Å². The fourth-order valence-electron chi connectivity index (χ4n) is 2.20. The maximum absolute atomic E-state index is 12.2. The molecule has 1 aromatic heterocycles. The van der Waals surface area contributed by atoms with Crippen LogP contribution in [0.2, 0.25) is 0 Å². The Morgan fingerprint density at radius 1 is 1.32 bits per heavy atom. The summed E-state index contributed by atoms with van der Waals surface area (Å²) in [6.45, 7) is 6.32. The van der Waals surface area contributed by atoms with E-state index in [-0.39, 0.29) is 11.9 Å². The standard InChI is InChI=1S/C17H22N2OS2/c1-12(2)9-15(14-7-5-4-6-8-14)19-16(20)11-22-17-18-13(3)10-21-17/h4-8,10,12,15H,9,11H2,1-3H3,(H,19,20)/t15-/m0/s1. The molecule has 0 aliphatic heterocycles. The molecule has 1 amide bonds. The lowest BCUT2D eigenvalue weighted by atomic mass is 9.97. The van der Waals surface area contributed by atoms with Gasteiger partial charge in [0.25, 0.3) is 0 Å². The zero-order valence-electron chi connectivity index (χ0n) is 13.2. The van der Waals surface area contributed by atoms with Crippen LogP contribution in [0.5, 0.6) is 0 Å². The van der Waals surface area contributed by atoms with Crippen molar-refractivity contribution in [3.63, 3.8) is 0 Å². The summed E-state index contributed by atoms with van der Waals surface area (Å²) in [4.78, 5) is 16.6. The first-order valence-corrected chi connectivity index (χ1v) is 9.30. The highest BCUT2D eigenvalue weighted by molar-refractivity contribution is 8.01. The van der Waals surface area contributed by atoms with Gasteiger partial charge in [-0.3, -0.25) is 4.79 Å². The average molecular weight is 335 g/mol. The quantitative estimate of drug-likeness (QED) is 0.761. The molecule has 0 aliphatic carbocycles. The van der Waals surface area contributed by atoms with E-state index >= 15 is 0 Å². The molecule has 1 aromatic carbocycles. The third-order valence-corrected chi connectivity index (χ3v) is 5.31. The molecule has 1 heterocycles.